The molecule has 17 heavy (non-hydrogen) atoms. The fourth-order valence-electron chi connectivity index (χ4n) is 3.44. The summed E-state index contributed by atoms with van der Waals surface area (Å²) in [6, 6.07) is 9.85. The summed E-state index contributed by atoms with van der Waals surface area (Å²) >= 11 is 0. The first-order valence-corrected chi connectivity index (χ1v) is 6.71. The van der Waals surface area contributed by atoms with Crippen LogP contribution < -0.4 is 4.74 Å². The first-order valence-electron chi connectivity index (χ1n) is 6.71. The van der Waals surface area contributed by atoms with Crippen LogP contribution in [0.5, 0.6) is 5.75 Å². The maximum absolute atomic E-state index is 10.5. The molecule has 2 aliphatic carbocycles. The molecule has 0 radical (unpaired) electrons. The molecule has 2 atom stereocenters. The quantitative estimate of drug-likeness (QED) is 0.864. The van der Waals surface area contributed by atoms with Gasteiger partial charge in [0.25, 0.3) is 0 Å². The molecule has 1 aromatic rings. The van der Waals surface area contributed by atoms with Crippen LogP contribution in [0.25, 0.3) is 0 Å². The molecular formula is C15H20O2. The summed E-state index contributed by atoms with van der Waals surface area (Å²) in [5.41, 5.74) is -0.398. The molecular weight excluding hydrogens is 212 g/mol. The van der Waals surface area contributed by atoms with Crippen LogP contribution in [0.3, 0.4) is 0 Å². The highest BCUT2D eigenvalue weighted by molar-refractivity contribution is 5.21. The lowest BCUT2D eigenvalue weighted by Crippen LogP contribution is -2.17. The van der Waals surface area contributed by atoms with Crippen molar-refractivity contribution >= 4 is 0 Å². The molecule has 3 rings (SSSR count). The van der Waals surface area contributed by atoms with E-state index in [-0.39, 0.29) is 0 Å². The fraction of sp³-hybridized carbons (Fsp3) is 0.600. The highest BCUT2D eigenvalue weighted by atomic mass is 16.5. The Labute approximate surface area is 103 Å². The molecule has 1 N–H and O–H groups in total. The van der Waals surface area contributed by atoms with E-state index in [1.165, 1.54) is 25.7 Å². The van der Waals surface area contributed by atoms with E-state index in [1.54, 1.807) is 0 Å². The first-order chi connectivity index (χ1) is 8.31. The Morgan fingerprint density at radius 1 is 1.12 bits per heavy atom. The molecule has 0 aliphatic heterocycles. The second-order valence-corrected chi connectivity index (χ2v) is 5.40. The standard InChI is InChI=1S/C15H20O2/c16-15(13-8-4-5-9-14(13)15)10-11-17-12-6-2-1-3-7-12/h1-3,6-7,13-14,16H,4-5,8-11H2. The lowest BCUT2D eigenvalue weighted by molar-refractivity contribution is 0.0893. The van der Waals surface area contributed by atoms with Gasteiger partial charge in [-0.05, 0) is 36.8 Å². The molecule has 92 valence electrons. The van der Waals surface area contributed by atoms with Crippen LogP contribution in [0, 0.1) is 11.8 Å². The van der Waals surface area contributed by atoms with Crippen molar-refractivity contribution in [1.29, 1.82) is 0 Å². The Hall–Kier alpha value is -1.02. The number of rotatable bonds is 4. The van der Waals surface area contributed by atoms with Gasteiger partial charge in [-0.25, -0.2) is 0 Å². The van der Waals surface area contributed by atoms with Crippen LogP contribution in [-0.4, -0.2) is 17.3 Å². The van der Waals surface area contributed by atoms with Crippen LogP contribution in [0.4, 0.5) is 0 Å². The van der Waals surface area contributed by atoms with Gasteiger partial charge in [-0.2, -0.15) is 0 Å². The summed E-state index contributed by atoms with van der Waals surface area (Å²) in [6.45, 7) is 0.632. The van der Waals surface area contributed by atoms with E-state index in [9.17, 15) is 5.11 Å². The average molecular weight is 232 g/mol. The largest absolute Gasteiger partial charge is 0.493 e. The summed E-state index contributed by atoms with van der Waals surface area (Å²) in [4.78, 5) is 0. The lowest BCUT2D eigenvalue weighted by Gasteiger charge is -2.11. The smallest absolute Gasteiger partial charge is 0.119 e. The minimum Gasteiger partial charge on any atom is -0.493 e. The van der Waals surface area contributed by atoms with E-state index in [2.05, 4.69) is 0 Å². The normalized spacial score (nSPS) is 35.1. The van der Waals surface area contributed by atoms with Crippen molar-refractivity contribution in [2.24, 2.45) is 11.8 Å². The van der Waals surface area contributed by atoms with Crippen LogP contribution >= 0.6 is 0 Å². The number of hydrogen-bond donors (Lipinski definition) is 1. The Bertz CT molecular complexity index is 362. The van der Waals surface area contributed by atoms with E-state index in [4.69, 9.17) is 4.74 Å². The van der Waals surface area contributed by atoms with Crippen molar-refractivity contribution in [3.63, 3.8) is 0 Å². The molecule has 2 nitrogen and oxygen atoms in total. The van der Waals surface area contributed by atoms with Gasteiger partial charge in [-0.15, -0.1) is 0 Å². The van der Waals surface area contributed by atoms with E-state index < -0.39 is 5.60 Å². The molecule has 0 amide bonds. The highest BCUT2D eigenvalue weighted by Gasteiger charge is 2.63. The van der Waals surface area contributed by atoms with Gasteiger partial charge in [0.15, 0.2) is 0 Å². The van der Waals surface area contributed by atoms with E-state index in [1.807, 2.05) is 30.3 Å². The zero-order valence-corrected chi connectivity index (χ0v) is 10.1. The highest BCUT2D eigenvalue weighted by Crippen LogP contribution is 2.60. The third-order valence-corrected chi connectivity index (χ3v) is 4.46. The molecule has 2 fully saturated rings. The van der Waals surface area contributed by atoms with Crippen LogP contribution in [0.1, 0.15) is 32.1 Å². The van der Waals surface area contributed by atoms with Crippen LogP contribution in [-0.2, 0) is 0 Å². The van der Waals surface area contributed by atoms with Gasteiger partial charge < -0.3 is 9.84 Å². The first kappa shape index (κ1) is 11.1. The topological polar surface area (TPSA) is 29.5 Å². The number of benzene rings is 1. The van der Waals surface area contributed by atoms with Crippen molar-refractivity contribution in [2.45, 2.75) is 37.7 Å². The Kier molecular flexibility index (Phi) is 2.83. The Morgan fingerprint density at radius 2 is 1.76 bits per heavy atom. The molecule has 1 aromatic carbocycles. The molecule has 0 spiro atoms. The van der Waals surface area contributed by atoms with Crippen LogP contribution in [0.2, 0.25) is 0 Å². The third-order valence-electron chi connectivity index (χ3n) is 4.46. The molecule has 0 aromatic heterocycles. The zero-order valence-electron chi connectivity index (χ0n) is 10.1. The van der Waals surface area contributed by atoms with Gasteiger partial charge in [0.05, 0.1) is 12.2 Å². The Morgan fingerprint density at radius 3 is 2.41 bits per heavy atom. The summed E-state index contributed by atoms with van der Waals surface area (Å²) < 4.78 is 5.67. The third kappa shape index (κ3) is 2.06. The van der Waals surface area contributed by atoms with Gasteiger partial charge in [-0.3, -0.25) is 0 Å². The number of fused-ring (bicyclic) bond motifs is 1. The van der Waals surface area contributed by atoms with Gasteiger partial charge in [0.1, 0.15) is 5.75 Å². The number of hydrogen-bond acceptors (Lipinski definition) is 2. The van der Waals surface area contributed by atoms with Crippen molar-refractivity contribution < 1.29 is 9.84 Å². The Balaban J connectivity index is 1.49. The van der Waals surface area contributed by atoms with Crippen molar-refractivity contribution in [1.82, 2.24) is 0 Å². The summed E-state index contributed by atoms with van der Waals surface area (Å²) in [5, 5.41) is 10.5. The van der Waals surface area contributed by atoms with E-state index in [0.29, 0.717) is 18.4 Å². The lowest BCUT2D eigenvalue weighted by atomic mass is 10.0. The van der Waals surface area contributed by atoms with E-state index in [0.717, 1.165) is 12.2 Å². The number of para-hydroxylation sites is 1. The van der Waals surface area contributed by atoms with E-state index >= 15 is 0 Å². The van der Waals surface area contributed by atoms with Gasteiger partial charge in [-0.1, -0.05) is 31.0 Å². The zero-order chi connectivity index (χ0) is 11.7. The summed E-state index contributed by atoms with van der Waals surface area (Å²) in [6.07, 6.45) is 5.81. The maximum Gasteiger partial charge on any atom is 0.119 e. The summed E-state index contributed by atoms with van der Waals surface area (Å²) in [5.74, 6) is 2.03. The predicted molar refractivity (Wildman–Crippen MR) is 67.0 cm³/mol. The molecule has 2 heteroatoms. The molecule has 2 aliphatic rings. The molecule has 2 saturated carbocycles. The second-order valence-electron chi connectivity index (χ2n) is 5.40. The van der Waals surface area contributed by atoms with Gasteiger partial charge in [0, 0.05) is 6.42 Å². The number of aliphatic hydroxyl groups is 1. The molecule has 0 bridgehead atoms. The van der Waals surface area contributed by atoms with Gasteiger partial charge >= 0.3 is 0 Å². The van der Waals surface area contributed by atoms with Crippen molar-refractivity contribution in [3.05, 3.63) is 30.3 Å². The maximum atomic E-state index is 10.5. The minimum absolute atomic E-state index is 0.398. The van der Waals surface area contributed by atoms with Gasteiger partial charge in [0.2, 0.25) is 0 Å². The molecule has 0 saturated heterocycles. The average Bonchev–Trinajstić information content (AvgIpc) is 2.97. The fourth-order valence-corrected chi connectivity index (χ4v) is 3.44. The SMILES string of the molecule is OC1(CCOc2ccccc2)C2CCCCC21. The summed E-state index contributed by atoms with van der Waals surface area (Å²) in [7, 11) is 0. The second kappa shape index (κ2) is 4.34. The van der Waals surface area contributed by atoms with Crippen molar-refractivity contribution in [3.8, 4) is 5.75 Å². The predicted octanol–water partition coefficient (Wildman–Crippen LogP) is 3.01. The number of ether oxygens (including phenoxy) is 1. The van der Waals surface area contributed by atoms with Crippen LogP contribution in [0.15, 0.2) is 30.3 Å². The monoisotopic (exact) mass is 232 g/mol. The van der Waals surface area contributed by atoms with Crippen molar-refractivity contribution in [2.75, 3.05) is 6.61 Å². The molecule has 2 unspecified atom stereocenters. The molecule has 0 heterocycles. The minimum atomic E-state index is -0.398.